The van der Waals surface area contributed by atoms with Crippen LogP contribution in [-0.4, -0.2) is 17.6 Å². The molecular formula is C16H25NO2. The van der Waals surface area contributed by atoms with Crippen LogP contribution in [0.3, 0.4) is 0 Å². The van der Waals surface area contributed by atoms with Gasteiger partial charge in [0.25, 0.3) is 0 Å². The van der Waals surface area contributed by atoms with Gasteiger partial charge in [-0.3, -0.25) is 4.79 Å². The standard InChI is InChI=1S/C16H25NO2/c1-5-13(15(18)19)11-17-10-12-6-8-14(9-7-12)16(2,3)4/h6-9,13,17H,5,10-11H2,1-4H3,(H,18,19). The van der Waals surface area contributed by atoms with E-state index in [2.05, 4.69) is 50.4 Å². The fourth-order valence-corrected chi connectivity index (χ4v) is 1.92. The van der Waals surface area contributed by atoms with Gasteiger partial charge in [-0.2, -0.15) is 0 Å². The first-order valence-corrected chi connectivity index (χ1v) is 6.87. The minimum absolute atomic E-state index is 0.169. The van der Waals surface area contributed by atoms with Crippen molar-refractivity contribution in [3.8, 4) is 0 Å². The van der Waals surface area contributed by atoms with E-state index < -0.39 is 5.97 Å². The van der Waals surface area contributed by atoms with Crippen molar-refractivity contribution < 1.29 is 9.90 Å². The number of aliphatic carboxylic acids is 1. The lowest BCUT2D eigenvalue weighted by atomic mass is 9.87. The molecule has 19 heavy (non-hydrogen) atoms. The zero-order chi connectivity index (χ0) is 14.5. The van der Waals surface area contributed by atoms with E-state index in [9.17, 15) is 4.79 Å². The predicted octanol–water partition coefficient (Wildman–Crippen LogP) is 3.18. The first-order valence-electron chi connectivity index (χ1n) is 6.87. The molecule has 2 N–H and O–H groups in total. The molecular weight excluding hydrogens is 238 g/mol. The minimum atomic E-state index is -0.724. The summed E-state index contributed by atoms with van der Waals surface area (Å²) < 4.78 is 0. The molecule has 0 radical (unpaired) electrons. The minimum Gasteiger partial charge on any atom is -0.481 e. The van der Waals surface area contributed by atoms with Crippen LogP contribution in [-0.2, 0) is 16.8 Å². The smallest absolute Gasteiger partial charge is 0.307 e. The van der Waals surface area contributed by atoms with Gasteiger partial charge in [-0.1, -0.05) is 52.0 Å². The predicted molar refractivity (Wildman–Crippen MR) is 78.3 cm³/mol. The van der Waals surface area contributed by atoms with Gasteiger partial charge in [0, 0.05) is 13.1 Å². The summed E-state index contributed by atoms with van der Waals surface area (Å²) in [6.45, 7) is 9.72. The largest absolute Gasteiger partial charge is 0.481 e. The molecule has 0 bridgehead atoms. The Bertz CT molecular complexity index is 404. The summed E-state index contributed by atoms with van der Waals surface area (Å²) in [5.41, 5.74) is 2.67. The van der Waals surface area contributed by atoms with Crippen LogP contribution in [0.1, 0.15) is 45.2 Å². The summed E-state index contributed by atoms with van der Waals surface area (Å²) in [4.78, 5) is 10.9. The van der Waals surface area contributed by atoms with Crippen molar-refractivity contribution in [3.63, 3.8) is 0 Å². The van der Waals surface area contributed by atoms with Gasteiger partial charge >= 0.3 is 5.97 Å². The Balaban J connectivity index is 2.49. The molecule has 1 aromatic rings. The Hall–Kier alpha value is -1.35. The normalized spacial score (nSPS) is 13.3. The van der Waals surface area contributed by atoms with Gasteiger partial charge in [0.05, 0.1) is 5.92 Å². The van der Waals surface area contributed by atoms with Gasteiger partial charge < -0.3 is 10.4 Å². The Labute approximate surface area is 116 Å². The van der Waals surface area contributed by atoms with Crippen molar-refractivity contribution >= 4 is 5.97 Å². The van der Waals surface area contributed by atoms with Gasteiger partial charge in [-0.05, 0) is 23.0 Å². The lowest BCUT2D eigenvalue weighted by Gasteiger charge is -2.19. The van der Waals surface area contributed by atoms with E-state index in [1.54, 1.807) is 0 Å². The molecule has 0 aromatic heterocycles. The molecule has 0 saturated heterocycles. The topological polar surface area (TPSA) is 49.3 Å². The van der Waals surface area contributed by atoms with Gasteiger partial charge in [-0.25, -0.2) is 0 Å². The fraction of sp³-hybridized carbons (Fsp3) is 0.562. The van der Waals surface area contributed by atoms with E-state index in [-0.39, 0.29) is 11.3 Å². The molecule has 106 valence electrons. The summed E-state index contributed by atoms with van der Waals surface area (Å²) in [6.07, 6.45) is 0.658. The molecule has 0 aliphatic heterocycles. The van der Waals surface area contributed by atoms with Crippen LogP contribution in [0.2, 0.25) is 0 Å². The Morgan fingerprint density at radius 3 is 2.26 bits per heavy atom. The summed E-state index contributed by atoms with van der Waals surface area (Å²) in [5.74, 6) is -1.02. The van der Waals surface area contributed by atoms with Crippen LogP contribution in [0.25, 0.3) is 0 Å². The van der Waals surface area contributed by atoms with Crippen molar-refractivity contribution in [2.75, 3.05) is 6.54 Å². The molecule has 3 nitrogen and oxygen atoms in total. The van der Waals surface area contributed by atoms with Crippen LogP contribution in [0.5, 0.6) is 0 Å². The molecule has 1 aromatic carbocycles. The number of hydrogen-bond acceptors (Lipinski definition) is 2. The molecule has 0 amide bonds. The third-order valence-corrected chi connectivity index (χ3v) is 3.38. The first kappa shape index (κ1) is 15.7. The van der Waals surface area contributed by atoms with Crippen molar-refractivity contribution in [1.82, 2.24) is 5.32 Å². The van der Waals surface area contributed by atoms with E-state index in [0.29, 0.717) is 19.5 Å². The van der Waals surface area contributed by atoms with Gasteiger partial charge in [0.15, 0.2) is 0 Å². The van der Waals surface area contributed by atoms with Crippen LogP contribution in [0, 0.1) is 5.92 Å². The Morgan fingerprint density at radius 2 is 1.84 bits per heavy atom. The van der Waals surface area contributed by atoms with E-state index >= 15 is 0 Å². The Morgan fingerprint density at radius 1 is 1.26 bits per heavy atom. The van der Waals surface area contributed by atoms with E-state index in [4.69, 9.17) is 5.11 Å². The molecule has 0 heterocycles. The molecule has 1 rings (SSSR count). The highest BCUT2D eigenvalue weighted by atomic mass is 16.4. The summed E-state index contributed by atoms with van der Waals surface area (Å²) >= 11 is 0. The molecule has 1 unspecified atom stereocenters. The average molecular weight is 263 g/mol. The van der Waals surface area contributed by atoms with Gasteiger partial charge in [0.1, 0.15) is 0 Å². The number of carboxylic acid groups (broad SMARTS) is 1. The maximum absolute atomic E-state index is 10.9. The molecule has 0 spiro atoms. The molecule has 1 atom stereocenters. The number of benzene rings is 1. The summed E-state index contributed by atoms with van der Waals surface area (Å²) in [5, 5.41) is 12.2. The quantitative estimate of drug-likeness (QED) is 0.828. The molecule has 3 heteroatoms. The van der Waals surface area contributed by atoms with Crippen molar-refractivity contribution in [2.45, 2.75) is 46.1 Å². The van der Waals surface area contributed by atoms with E-state index in [1.165, 1.54) is 11.1 Å². The molecule has 0 aliphatic rings. The van der Waals surface area contributed by atoms with Crippen LogP contribution in [0.15, 0.2) is 24.3 Å². The lowest BCUT2D eigenvalue weighted by molar-refractivity contribution is -0.141. The van der Waals surface area contributed by atoms with Crippen molar-refractivity contribution in [2.24, 2.45) is 5.92 Å². The second-order valence-corrected chi connectivity index (χ2v) is 6.02. The number of carbonyl (C=O) groups is 1. The maximum atomic E-state index is 10.9. The first-order chi connectivity index (χ1) is 8.84. The second kappa shape index (κ2) is 6.71. The van der Waals surface area contributed by atoms with Crippen LogP contribution >= 0.6 is 0 Å². The third-order valence-electron chi connectivity index (χ3n) is 3.38. The molecule has 0 saturated carbocycles. The van der Waals surface area contributed by atoms with Crippen LogP contribution in [0.4, 0.5) is 0 Å². The highest BCUT2D eigenvalue weighted by Crippen LogP contribution is 2.22. The summed E-state index contributed by atoms with van der Waals surface area (Å²) in [6, 6.07) is 8.50. The molecule has 0 fully saturated rings. The highest BCUT2D eigenvalue weighted by Gasteiger charge is 2.14. The Kier molecular flexibility index (Phi) is 5.55. The highest BCUT2D eigenvalue weighted by molar-refractivity contribution is 5.70. The lowest BCUT2D eigenvalue weighted by Crippen LogP contribution is -2.27. The zero-order valence-corrected chi connectivity index (χ0v) is 12.4. The second-order valence-electron chi connectivity index (χ2n) is 6.02. The average Bonchev–Trinajstić information content (AvgIpc) is 2.33. The zero-order valence-electron chi connectivity index (χ0n) is 12.4. The fourth-order valence-electron chi connectivity index (χ4n) is 1.92. The molecule has 0 aliphatic carbocycles. The van der Waals surface area contributed by atoms with Gasteiger partial charge in [0.2, 0.25) is 0 Å². The summed E-state index contributed by atoms with van der Waals surface area (Å²) in [7, 11) is 0. The van der Waals surface area contributed by atoms with Crippen molar-refractivity contribution in [3.05, 3.63) is 35.4 Å². The number of nitrogens with one attached hydrogen (secondary N) is 1. The number of hydrogen-bond donors (Lipinski definition) is 2. The van der Waals surface area contributed by atoms with E-state index in [1.807, 2.05) is 6.92 Å². The number of rotatable bonds is 6. The number of carboxylic acids is 1. The maximum Gasteiger partial charge on any atom is 0.307 e. The third kappa shape index (κ3) is 5.03. The van der Waals surface area contributed by atoms with Crippen LogP contribution < -0.4 is 5.32 Å². The van der Waals surface area contributed by atoms with E-state index in [0.717, 1.165) is 0 Å². The van der Waals surface area contributed by atoms with Crippen molar-refractivity contribution in [1.29, 1.82) is 0 Å². The van der Waals surface area contributed by atoms with Gasteiger partial charge in [-0.15, -0.1) is 0 Å². The monoisotopic (exact) mass is 263 g/mol. The SMILES string of the molecule is CCC(CNCc1ccc(C(C)(C)C)cc1)C(=O)O.